The molecule has 5 heteroatoms. The first-order valence-electron chi connectivity index (χ1n) is 5.44. The van der Waals surface area contributed by atoms with Crippen LogP contribution in [0.25, 0.3) is 0 Å². The van der Waals surface area contributed by atoms with Crippen molar-refractivity contribution in [2.24, 2.45) is 11.7 Å². The highest BCUT2D eigenvalue weighted by Crippen LogP contribution is 2.32. The first-order valence-corrected chi connectivity index (χ1v) is 5.44. The van der Waals surface area contributed by atoms with Gasteiger partial charge in [-0.1, -0.05) is 0 Å². The van der Waals surface area contributed by atoms with Crippen molar-refractivity contribution in [2.45, 2.75) is 38.4 Å². The van der Waals surface area contributed by atoms with Crippen LogP contribution in [0.1, 0.15) is 26.2 Å². The van der Waals surface area contributed by atoms with E-state index in [1.165, 1.54) is 0 Å². The first kappa shape index (κ1) is 12.8. The van der Waals surface area contributed by atoms with Gasteiger partial charge in [0.2, 0.25) is 0 Å². The molecule has 1 rings (SSSR count). The maximum atomic E-state index is 12.5. The lowest BCUT2D eigenvalue weighted by Gasteiger charge is -2.33. The SMILES string of the molecule is CC(N)CCN1CCCC(C(F)(F)F)C1. The van der Waals surface area contributed by atoms with Crippen LogP contribution in [0, 0.1) is 5.92 Å². The summed E-state index contributed by atoms with van der Waals surface area (Å²) in [6.07, 6.45) is -2.35. The van der Waals surface area contributed by atoms with E-state index < -0.39 is 12.1 Å². The number of nitrogens with two attached hydrogens (primary N) is 1. The molecule has 90 valence electrons. The Labute approximate surface area is 88.6 Å². The minimum atomic E-state index is -4.03. The molecule has 2 nitrogen and oxygen atoms in total. The molecule has 15 heavy (non-hydrogen) atoms. The van der Waals surface area contributed by atoms with Crippen LogP contribution < -0.4 is 5.73 Å². The third-order valence-electron chi connectivity index (χ3n) is 2.87. The van der Waals surface area contributed by atoms with Crippen LogP contribution in [-0.4, -0.2) is 36.8 Å². The molecule has 0 amide bonds. The number of hydrogen-bond acceptors (Lipinski definition) is 2. The highest BCUT2D eigenvalue weighted by molar-refractivity contribution is 4.78. The van der Waals surface area contributed by atoms with E-state index in [-0.39, 0.29) is 19.0 Å². The molecule has 0 aliphatic carbocycles. The van der Waals surface area contributed by atoms with Crippen LogP contribution in [0.15, 0.2) is 0 Å². The van der Waals surface area contributed by atoms with Crippen molar-refractivity contribution in [1.29, 1.82) is 0 Å². The Morgan fingerprint density at radius 1 is 1.47 bits per heavy atom. The summed E-state index contributed by atoms with van der Waals surface area (Å²) >= 11 is 0. The highest BCUT2D eigenvalue weighted by atomic mass is 19.4. The topological polar surface area (TPSA) is 29.3 Å². The van der Waals surface area contributed by atoms with Gasteiger partial charge in [0, 0.05) is 12.6 Å². The van der Waals surface area contributed by atoms with Crippen LogP contribution in [0.4, 0.5) is 13.2 Å². The fraction of sp³-hybridized carbons (Fsp3) is 1.00. The summed E-state index contributed by atoms with van der Waals surface area (Å²) in [4.78, 5) is 1.88. The Kier molecular flexibility index (Phi) is 4.40. The van der Waals surface area contributed by atoms with Crippen molar-refractivity contribution in [2.75, 3.05) is 19.6 Å². The molecule has 1 aliphatic rings. The lowest BCUT2D eigenvalue weighted by Crippen LogP contribution is -2.42. The van der Waals surface area contributed by atoms with Crippen molar-refractivity contribution < 1.29 is 13.2 Å². The second-order valence-corrected chi connectivity index (χ2v) is 4.45. The molecular formula is C10H19F3N2. The molecule has 1 fully saturated rings. The van der Waals surface area contributed by atoms with Gasteiger partial charge in [-0.3, -0.25) is 0 Å². The number of rotatable bonds is 3. The molecule has 0 spiro atoms. The largest absolute Gasteiger partial charge is 0.393 e. The molecular weight excluding hydrogens is 205 g/mol. The van der Waals surface area contributed by atoms with Gasteiger partial charge in [-0.2, -0.15) is 13.2 Å². The molecule has 2 unspecified atom stereocenters. The number of hydrogen-bond donors (Lipinski definition) is 1. The highest BCUT2D eigenvalue weighted by Gasteiger charge is 2.41. The average Bonchev–Trinajstić information content (AvgIpc) is 2.14. The fourth-order valence-electron chi connectivity index (χ4n) is 1.91. The summed E-state index contributed by atoms with van der Waals surface area (Å²) in [5.41, 5.74) is 5.58. The van der Waals surface area contributed by atoms with E-state index in [1.54, 1.807) is 0 Å². The quantitative estimate of drug-likeness (QED) is 0.794. The van der Waals surface area contributed by atoms with E-state index in [2.05, 4.69) is 0 Å². The van der Waals surface area contributed by atoms with Gasteiger partial charge in [-0.05, 0) is 39.3 Å². The van der Waals surface area contributed by atoms with Crippen LogP contribution in [0.2, 0.25) is 0 Å². The third kappa shape index (κ3) is 4.38. The first-order chi connectivity index (χ1) is 6.89. The van der Waals surface area contributed by atoms with Crippen molar-refractivity contribution in [3.63, 3.8) is 0 Å². The van der Waals surface area contributed by atoms with Gasteiger partial charge >= 0.3 is 6.18 Å². The molecule has 1 saturated heterocycles. The van der Waals surface area contributed by atoms with Gasteiger partial charge in [0.25, 0.3) is 0 Å². The second-order valence-electron chi connectivity index (χ2n) is 4.45. The molecule has 0 aromatic heterocycles. The van der Waals surface area contributed by atoms with Crippen molar-refractivity contribution in [1.82, 2.24) is 4.90 Å². The molecule has 0 aromatic rings. The standard InChI is InChI=1S/C10H19F3N2/c1-8(14)4-6-15-5-2-3-9(7-15)10(11,12)13/h8-9H,2-7,14H2,1H3. The monoisotopic (exact) mass is 224 g/mol. The molecule has 1 aliphatic heterocycles. The molecule has 0 radical (unpaired) electrons. The van der Waals surface area contributed by atoms with E-state index in [0.717, 1.165) is 13.0 Å². The molecule has 2 atom stereocenters. The number of piperidine rings is 1. The Morgan fingerprint density at radius 3 is 2.67 bits per heavy atom. The van der Waals surface area contributed by atoms with Crippen LogP contribution in [-0.2, 0) is 0 Å². The van der Waals surface area contributed by atoms with Gasteiger partial charge in [-0.25, -0.2) is 0 Å². The Bertz CT molecular complexity index is 192. The minimum Gasteiger partial charge on any atom is -0.328 e. The second kappa shape index (κ2) is 5.16. The zero-order valence-corrected chi connectivity index (χ0v) is 9.06. The van der Waals surface area contributed by atoms with Crippen LogP contribution in [0.3, 0.4) is 0 Å². The van der Waals surface area contributed by atoms with Crippen molar-refractivity contribution in [3.8, 4) is 0 Å². The third-order valence-corrected chi connectivity index (χ3v) is 2.87. The lowest BCUT2D eigenvalue weighted by molar-refractivity contribution is -0.186. The van der Waals surface area contributed by atoms with Crippen LogP contribution in [0.5, 0.6) is 0 Å². The summed E-state index contributed by atoms with van der Waals surface area (Å²) in [7, 11) is 0. The molecule has 1 heterocycles. The number of likely N-dealkylation sites (tertiary alicyclic amines) is 1. The summed E-state index contributed by atoms with van der Waals surface area (Å²) in [5, 5.41) is 0. The Balaban J connectivity index is 2.36. The normalized spacial score (nSPS) is 26.6. The van der Waals surface area contributed by atoms with Crippen LogP contribution >= 0.6 is 0 Å². The minimum absolute atomic E-state index is 0.0660. The van der Waals surface area contributed by atoms with E-state index in [9.17, 15) is 13.2 Å². The van der Waals surface area contributed by atoms with Gasteiger partial charge in [0.15, 0.2) is 0 Å². The smallest absolute Gasteiger partial charge is 0.328 e. The average molecular weight is 224 g/mol. The van der Waals surface area contributed by atoms with Gasteiger partial charge in [-0.15, -0.1) is 0 Å². The number of alkyl halides is 3. The number of nitrogens with zero attached hydrogens (tertiary/aromatic N) is 1. The summed E-state index contributed by atoms with van der Waals surface area (Å²) in [5.74, 6) is -1.14. The van der Waals surface area contributed by atoms with E-state index in [4.69, 9.17) is 5.73 Å². The predicted octanol–water partition coefficient (Wildman–Crippen LogP) is 2.00. The molecule has 0 aromatic carbocycles. The maximum absolute atomic E-state index is 12.5. The molecule has 0 saturated carbocycles. The van der Waals surface area contributed by atoms with Gasteiger partial charge in [0.05, 0.1) is 5.92 Å². The summed E-state index contributed by atoms with van der Waals surface area (Å²) in [6, 6.07) is 0.0660. The molecule has 2 N–H and O–H groups in total. The molecule has 0 bridgehead atoms. The summed E-state index contributed by atoms with van der Waals surface area (Å²) in [6.45, 7) is 3.49. The fourth-order valence-corrected chi connectivity index (χ4v) is 1.91. The Hall–Kier alpha value is -0.290. The zero-order valence-electron chi connectivity index (χ0n) is 9.06. The van der Waals surface area contributed by atoms with E-state index in [0.29, 0.717) is 13.0 Å². The van der Waals surface area contributed by atoms with Crippen molar-refractivity contribution in [3.05, 3.63) is 0 Å². The maximum Gasteiger partial charge on any atom is 0.393 e. The predicted molar refractivity (Wildman–Crippen MR) is 53.5 cm³/mol. The van der Waals surface area contributed by atoms with Crippen molar-refractivity contribution >= 4 is 0 Å². The summed E-state index contributed by atoms with van der Waals surface area (Å²) < 4.78 is 37.4. The van der Waals surface area contributed by atoms with E-state index in [1.807, 2.05) is 11.8 Å². The lowest BCUT2D eigenvalue weighted by atomic mass is 9.97. The Morgan fingerprint density at radius 2 is 2.13 bits per heavy atom. The zero-order chi connectivity index (χ0) is 11.5. The van der Waals surface area contributed by atoms with Gasteiger partial charge < -0.3 is 10.6 Å². The van der Waals surface area contributed by atoms with Gasteiger partial charge in [0.1, 0.15) is 0 Å². The number of halogens is 3. The van der Waals surface area contributed by atoms with E-state index >= 15 is 0 Å².